The predicted molar refractivity (Wildman–Crippen MR) is 84.5 cm³/mol. The van der Waals surface area contributed by atoms with E-state index < -0.39 is 6.61 Å². The molecule has 0 fully saturated rings. The van der Waals surface area contributed by atoms with E-state index in [-0.39, 0.29) is 24.1 Å². The molecule has 1 amide bonds. The summed E-state index contributed by atoms with van der Waals surface area (Å²) in [7, 11) is 0. The van der Waals surface area contributed by atoms with E-state index >= 15 is 0 Å². The van der Waals surface area contributed by atoms with Crippen LogP contribution in [0.4, 0.5) is 8.78 Å². The minimum absolute atomic E-state index is 0.0810. The van der Waals surface area contributed by atoms with Gasteiger partial charge in [-0.2, -0.15) is 8.78 Å². The minimum Gasteiger partial charge on any atom is -0.435 e. The second kappa shape index (κ2) is 7.72. The van der Waals surface area contributed by atoms with E-state index in [0.29, 0.717) is 5.56 Å². The van der Waals surface area contributed by atoms with Crippen LogP contribution >= 0.6 is 0 Å². The van der Waals surface area contributed by atoms with Crippen molar-refractivity contribution in [3.63, 3.8) is 0 Å². The number of ether oxygens (including phenoxy) is 1. The van der Waals surface area contributed by atoms with Crippen LogP contribution in [0.5, 0.6) is 5.75 Å². The highest BCUT2D eigenvalue weighted by molar-refractivity contribution is 5.79. The van der Waals surface area contributed by atoms with Crippen molar-refractivity contribution in [2.24, 2.45) is 0 Å². The Bertz CT molecular complexity index is 674. The third-order valence-electron chi connectivity index (χ3n) is 3.57. The van der Waals surface area contributed by atoms with Gasteiger partial charge in [-0.15, -0.1) is 0 Å². The summed E-state index contributed by atoms with van der Waals surface area (Å²) in [5, 5.41) is 2.87. The van der Waals surface area contributed by atoms with E-state index in [1.807, 2.05) is 31.2 Å². The van der Waals surface area contributed by atoms with Crippen LogP contribution in [0.15, 0.2) is 48.5 Å². The number of benzene rings is 2. The second-order valence-corrected chi connectivity index (χ2v) is 5.34. The highest BCUT2D eigenvalue weighted by Gasteiger charge is 2.12. The first-order valence-electron chi connectivity index (χ1n) is 7.34. The number of nitrogens with one attached hydrogen (secondary N) is 1. The van der Waals surface area contributed by atoms with Gasteiger partial charge in [-0.25, -0.2) is 0 Å². The van der Waals surface area contributed by atoms with Gasteiger partial charge >= 0.3 is 6.61 Å². The van der Waals surface area contributed by atoms with Crippen molar-refractivity contribution in [3.8, 4) is 5.75 Å². The molecule has 122 valence electrons. The minimum atomic E-state index is -2.86. The Morgan fingerprint density at radius 1 is 1.17 bits per heavy atom. The summed E-state index contributed by atoms with van der Waals surface area (Å²) in [5.74, 6) is -0.0375. The zero-order valence-electron chi connectivity index (χ0n) is 13.1. The van der Waals surface area contributed by atoms with Crippen molar-refractivity contribution in [3.05, 3.63) is 65.2 Å². The number of carbonyl (C=O) groups excluding carboxylic acids is 1. The summed E-state index contributed by atoms with van der Waals surface area (Å²) < 4.78 is 28.9. The number of amides is 1. The fraction of sp³-hybridized carbons (Fsp3) is 0.278. The van der Waals surface area contributed by atoms with Gasteiger partial charge in [0.2, 0.25) is 5.91 Å². The van der Waals surface area contributed by atoms with Gasteiger partial charge in [-0.05, 0) is 42.7 Å². The highest BCUT2D eigenvalue weighted by atomic mass is 19.3. The molecule has 0 saturated heterocycles. The lowest BCUT2D eigenvalue weighted by Gasteiger charge is -2.16. The first-order valence-corrected chi connectivity index (χ1v) is 7.34. The first-order chi connectivity index (χ1) is 11.0. The van der Waals surface area contributed by atoms with Crippen molar-refractivity contribution in [1.29, 1.82) is 0 Å². The Balaban J connectivity index is 1.99. The number of hydrogen-bond donors (Lipinski definition) is 1. The van der Waals surface area contributed by atoms with Crippen molar-refractivity contribution < 1.29 is 18.3 Å². The molecule has 0 bridgehead atoms. The summed E-state index contributed by atoms with van der Waals surface area (Å²) in [5.41, 5.74) is 2.73. The second-order valence-electron chi connectivity index (χ2n) is 5.34. The van der Waals surface area contributed by atoms with Crippen LogP contribution in [0.2, 0.25) is 0 Å². The molecule has 0 aromatic heterocycles. The molecule has 2 rings (SSSR count). The fourth-order valence-corrected chi connectivity index (χ4v) is 2.32. The number of hydrogen-bond acceptors (Lipinski definition) is 2. The standard InChI is InChI=1S/C18H19F2NO2/c1-12-6-3-4-7-14(12)11-17(22)21-13(2)15-8-5-9-16(10-15)23-18(19)20/h3-10,13,18H,11H2,1-2H3,(H,21,22). The molecule has 0 heterocycles. The SMILES string of the molecule is Cc1ccccc1CC(=O)NC(C)c1cccc(OC(F)F)c1. The van der Waals surface area contributed by atoms with E-state index in [2.05, 4.69) is 10.1 Å². The van der Waals surface area contributed by atoms with E-state index in [9.17, 15) is 13.6 Å². The zero-order valence-corrected chi connectivity index (χ0v) is 13.1. The molecule has 1 unspecified atom stereocenters. The molecule has 2 aromatic rings. The van der Waals surface area contributed by atoms with Crippen LogP contribution in [0.25, 0.3) is 0 Å². The summed E-state index contributed by atoms with van der Waals surface area (Å²) in [6.45, 7) is 0.894. The first kappa shape index (κ1) is 16.9. The number of halogens is 2. The molecule has 3 nitrogen and oxygen atoms in total. The third kappa shape index (κ3) is 5.06. The highest BCUT2D eigenvalue weighted by Crippen LogP contribution is 2.21. The molecule has 2 aromatic carbocycles. The van der Waals surface area contributed by atoms with Gasteiger partial charge in [0.05, 0.1) is 12.5 Å². The maximum atomic E-state index is 12.3. The van der Waals surface area contributed by atoms with Gasteiger partial charge < -0.3 is 10.1 Å². The molecule has 0 radical (unpaired) electrons. The normalized spacial score (nSPS) is 12.0. The van der Waals surface area contributed by atoms with Gasteiger partial charge in [-0.1, -0.05) is 36.4 Å². The largest absolute Gasteiger partial charge is 0.435 e. The third-order valence-corrected chi connectivity index (χ3v) is 3.57. The monoisotopic (exact) mass is 319 g/mol. The average molecular weight is 319 g/mol. The molecule has 5 heteroatoms. The molecular weight excluding hydrogens is 300 g/mol. The lowest BCUT2D eigenvalue weighted by Crippen LogP contribution is -2.28. The van der Waals surface area contributed by atoms with Crippen LogP contribution < -0.4 is 10.1 Å². The number of carbonyl (C=O) groups is 1. The number of alkyl halides is 2. The van der Waals surface area contributed by atoms with Crippen molar-refractivity contribution in [2.45, 2.75) is 32.9 Å². The Morgan fingerprint density at radius 2 is 1.91 bits per heavy atom. The van der Waals surface area contributed by atoms with E-state index in [1.165, 1.54) is 12.1 Å². The van der Waals surface area contributed by atoms with Crippen molar-refractivity contribution >= 4 is 5.91 Å². The van der Waals surface area contributed by atoms with E-state index in [0.717, 1.165) is 11.1 Å². The Kier molecular flexibility index (Phi) is 5.68. The molecule has 1 atom stereocenters. The van der Waals surface area contributed by atoms with Crippen LogP contribution in [0.1, 0.15) is 29.7 Å². The van der Waals surface area contributed by atoms with Crippen LogP contribution in [0.3, 0.4) is 0 Å². The molecule has 0 aliphatic rings. The number of rotatable bonds is 6. The van der Waals surface area contributed by atoms with E-state index in [4.69, 9.17) is 0 Å². The fourth-order valence-electron chi connectivity index (χ4n) is 2.32. The predicted octanol–water partition coefficient (Wildman–Crippen LogP) is 4.02. The smallest absolute Gasteiger partial charge is 0.387 e. The molecule has 0 saturated carbocycles. The molecule has 0 spiro atoms. The Morgan fingerprint density at radius 3 is 2.61 bits per heavy atom. The molecule has 0 aliphatic carbocycles. The maximum absolute atomic E-state index is 12.3. The van der Waals surface area contributed by atoms with Crippen LogP contribution in [0, 0.1) is 6.92 Å². The number of aryl methyl sites for hydroxylation is 1. The zero-order chi connectivity index (χ0) is 16.8. The summed E-state index contributed by atoms with van der Waals surface area (Å²) in [6.07, 6.45) is 0.282. The van der Waals surface area contributed by atoms with Crippen LogP contribution in [-0.4, -0.2) is 12.5 Å². The van der Waals surface area contributed by atoms with Gasteiger partial charge in [-0.3, -0.25) is 4.79 Å². The van der Waals surface area contributed by atoms with Crippen molar-refractivity contribution in [1.82, 2.24) is 5.32 Å². The molecule has 0 aliphatic heterocycles. The van der Waals surface area contributed by atoms with Gasteiger partial charge in [0.1, 0.15) is 5.75 Å². The molecule has 23 heavy (non-hydrogen) atoms. The van der Waals surface area contributed by atoms with Gasteiger partial charge in [0, 0.05) is 0 Å². The molecule has 1 N–H and O–H groups in total. The summed E-state index contributed by atoms with van der Waals surface area (Å²) in [6, 6.07) is 13.7. The summed E-state index contributed by atoms with van der Waals surface area (Å²) >= 11 is 0. The maximum Gasteiger partial charge on any atom is 0.387 e. The topological polar surface area (TPSA) is 38.3 Å². The molecular formula is C18H19F2NO2. The Labute approximate surface area is 134 Å². The Hall–Kier alpha value is -2.43. The lowest BCUT2D eigenvalue weighted by molar-refractivity contribution is -0.121. The van der Waals surface area contributed by atoms with Gasteiger partial charge in [0.15, 0.2) is 0 Å². The summed E-state index contributed by atoms with van der Waals surface area (Å²) in [4.78, 5) is 12.1. The van der Waals surface area contributed by atoms with Crippen molar-refractivity contribution in [2.75, 3.05) is 0 Å². The quantitative estimate of drug-likeness (QED) is 0.873. The van der Waals surface area contributed by atoms with Crippen LogP contribution in [-0.2, 0) is 11.2 Å². The lowest BCUT2D eigenvalue weighted by atomic mass is 10.0. The average Bonchev–Trinajstić information content (AvgIpc) is 2.49. The van der Waals surface area contributed by atoms with Gasteiger partial charge in [0.25, 0.3) is 0 Å². The van der Waals surface area contributed by atoms with E-state index in [1.54, 1.807) is 19.1 Å².